The van der Waals surface area contributed by atoms with Gasteiger partial charge in [-0.15, -0.1) is 0 Å². The summed E-state index contributed by atoms with van der Waals surface area (Å²) in [5, 5.41) is 2.93. The van der Waals surface area contributed by atoms with E-state index >= 15 is 0 Å². The van der Waals surface area contributed by atoms with Crippen molar-refractivity contribution in [3.8, 4) is 0 Å². The van der Waals surface area contributed by atoms with E-state index in [4.69, 9.17) is 10.7 Å². The van der Waals surface area contributed by atoms with Gasteiger partial charge in [-0.3, -0.25) is 4.79 Å². The molecule has 1 N–H and O–H groups in total. The van der Waals surface area contributed by atoms with Crippen molar-refractivity contribution in [3.05, 3.63) is 27.7 Å². The first-order valence-corrected chi connectivity index (χ1v) is 9.86. The molecule has 0 aliphatic heterocycles. The van der Waals surface area contributed by atoms with Crippen LogP contribution in [0.4, 0.5) is 0 Å². The topological polar surface area (TPSA) is 63.2 Å². The van der Waals surface area contributed by atoms with Crippen LogP contribution in [0.25, 0.3) is 0 Å². The van der Waals surface area contributed by atoms with Crippen molar-refractivity contribution < 1.29 is 13.2 Å². The van der Waals surface area contributed by atoms with E-state index in [1.54, 1.807) is 13.0 Å². The van der Waals surface area contributed by atoms with Gasteiger partial charge in [0.1, 0.15) is 0 Å². The Morgan fingerprint density at radius 3 is 2.52 bits per heavy atom. The fraction of sp³-hybridized carbons (Fsp3) is 0.500. The van der Waals surface area contributed by atoms with Crippen molar-refractivity contribution in [1.82, 2.24) is 5.32 Å². The van der Waals surface area contributed by atoms with Gasteiger partial charge in [-0.2, -0.15) is 0 Å². The van der Waals surface area contributed by atoms with Gasteiger partial charge in [-0.25, -0.2) is 8.42 Å². The minimum Gasteiger partial charge on any atom is -0.349 e. The van der Waals surface area contributed by atoms with Crippen LogP contribution in [0.3, 0.4) is 0 Å². The molecule has 1 aromatic carbocycles. The minimum atomic E-state index is -3.89. The maximum Gasteiger partial charge on any atom is 0.261 e. The summed E-state index contributed by atoms with van der Waals surface area (Å²) >= 11 is 3.27. The maximum atomic E-state index is 12.3. The van der Waals surface area contributed by atoms with Crippen LogP contribution >= 0.6 is 26.6 Å². The van der Waals surface area contributed by atoms with E-state index in [1.807, 2.05) is 6.92 Å². The van der Waals surface area contributed by atoms with Gasteiger partial charge in [0.05, 0.1) is 4.90 Å². The molecular weight excluding hydrogens is 378 g/mol. The summed E-state index contributed by atoms with van der Waals surface area (Å²) in [6, 6.07) is 3.03. The number of carbonyl (C=O) groups is 1. The Bertz CT molecular complexity index is 671. The van der Waals surface area contributed by atoms with Crippen molar-refractivity contribution in [2.45, 2.75) is 44.0 Å². The smallest absolute Gasteiger partial charge is 0.261 e. The number of halogens is 2. The molecule has 0 heterocycles. The van der Waals surface area contributed by atoms with E-state index in [0.29, 0.717) is 16.0 Å². The third-order valence-electron chi connectivity index (χ3n) is 4.04. The zero-order valence-corrected chi connectivity index (χ0v) is 15.0. The highest BCUT2D eigenvalue weighted by Gasteiger charge is 2.26. The van der Waals surface area contributed by atoms with E-state index < -0.39 is 9.05 Å². The van der Waals surface area contributed by atoms with Crippen molar-refractivity contribution in [2.24, 2.45) is 5.92 Å². The monoisotopic (exact) mass is 393 g/mol. The van der Waals surface area contributed by atoms with Crippen molar-refractivity contribution in [2.75, 3.05) is 0 Å². The Balaban J connectivity index is 2.27. The average molecular weight is 395 g/mol. The molecule has 1 saturated carbocycles. The summed E-state index contributed by atoms with van der Waals surface area (Å²) in [5.41, 5.74) is 0.784. The molecule has 2 rings (SSSR count). The zero-order valence-electron chi connectivity index (χ0n) is 11.8. The molecule has 0 radical (unpaired) electrons. The lowest BCUT2D eigenvalue weighted by Crippen LogP contribution is -2.40. The van der Waals surface area contributed by atoms with E-state index in [0.717, 1.165) is 12.8 Å². The third-order valence-corrected chi connectivity index (χ3v) is 6.31. The number of amides is 1. The molecule has 0 aromatic heterocycles. The van der Waals surface area contributed by atoms with Crippen LogP contribution in [-0.2, 0) is 9.05 Å². The van der Waals surface area contributed by atoms with Crippen LogP contribution in [0.2, 0.25) is 0 Å². The van der Waals surface area contributed by atoms with Gasteiger partial charge in [0.15, 0.2) is 0 Å². The summed E-state index contributed by atoms with van der Waals surface area (Å²) in [7, 11) is 1.53. The van der Waals surface area contributed by atoms with Gasteiger partial charge in [0.25, 0.3) is 15.0 Å². The summed E-state index contributed by atoms with van der Waals surface area (Å²) in [4.78, 5) is 12.2. The van der Waals surface area contributed by atoms with Crippen molar-refractivity contribution in [3.63, 3.8) is 0 Å². The SMILES string of the molecule is Cc1c(Br)cc(C(=O)NC(C)C2CCC2)cc1S(=O)(=O)Cl. The van der Waals surface area contributed by atoms with Crippen molar-refractivity contribution >= 4 is 41.6 Å². The Hall–Kier alpha value is -0.590. The predicted molar refractivity (Wildman–Crippen MR) is 86.2 cm³/mol. The van der Waals surface area contributed by atoms with Gasteiger partial charge in [-0.05, 0) is 50.3 Å². The number of benzene rings is 1. The highest BCUT2D eigenvalue weighted by molar-refractivity contribution is 9.10. The largest absolute Gasteiger partial charge is 0.349 e. The molecule has 1 amide bonds. The zero-order chi connectivity index (χ0) is 15.8. The van der Waals surface area contributed by atoms with Gasteiger partial charge >= 0.3 is 0 Å². The summed E-state index contributed by atoms with van der Waals surface area (Å²) < 4.78 is 23.7. The van der Waals surface area contributed by atoms with Crippen LogP contribution < -0.4 is 5.32 Å². The lowest BCUT2D eigenvalue weighted by Gasteiger charge is -2.31. The summed E-state index contributed by atoms with van der Waals surface area (Å²) in [6.07, 6.45) is 3.45. The summed E-state index contributed by atoms with van der Waals surface area (Å²) in [6.45, 7) is 3.61. The van der Waals surface area contributed by atoms with Crippen molar-refractivity contribution in [1.29, 1.82) is 0 Å². The predicted octanol–water partition coefficient (Wildman–Crippen LogP) is 3.60. The molecule has 21 heavy (non-hydrogen) atoms. The Labute approximate surface area is 137 Å². The fourth-order valence-electron chi connectivity index (χ4n) is 2.39. The number of rotatable bonds is 4. The van der Waals surface area contributed by atoms with Gasteiger partial charge in [-0.1, -0.05) is 22.4 Å². The molecule has 7 heteroatoms. The Morgan fingerprint density at radius 1 is 1.43 bits per heavy atom. The molecule has 1 aliphatic rings. The van der Waals surface area contributed by atoms with Crippen LogP contribution in [-0.4, -0.2) is 20.4 Å². The first kappa shape index (κ1) is 16.8. The van der Waals surface area contributed by atoms with E-state index in [2.05, 4.69) is 21.2 Å². The normalized spacial score (nSPS) is 17.1. The minimum absolute atomic E-state index is 0.0417. The maximum absolute atomic E-state index is 12.3. The Kier molecular flexibility index (Phi) is 5.00. The molecule has 1 aliphatic carbocycles. The van der Waals surface area contributed by atoms with Gasteiger partial charge in [0, 0.05) is 26.8 Å². The van der Waals surface area contributed by atoms with Crippen LogP contribution in [0, 0.1) is 12.8 Å². The molecule has 4 nitrogen and oxygen atoms in total. The Morgan fingerprint density at radius 2 is 2.05 bits per heavy atom. The standard InChI is InChI=1S/C14H17BrClNO3S/c1-8-12(15)6-11(7-13(8)21(16,19)20)14(18)17-9(2)10-4-3-5-10/h6-7,9-10H,3-5H2,1-2H3,(H,17,18). The first-order valence-electron chi connectivity index (χ1n) is 6.76. The van der Waals surface area contributed by atoms with Gasteiger partial charge < -0.3 is 5.32 Å². The highest BCUT2D eigenvalue weighted by atomic mass is 79.9. The second-order valence-corrected chi connectivity index (χ2v) is 8.86. The number of nitrogens with one attached hydrogen (secondary N) is 1. The number of carbonyl (C=O) groups excluding carboxylic acids is 1. The molecule has 0 bridgehead atoms. The van der Waals surface area contributed by atoms with Crippen LogP contribution in [0.5, 0.6) is 0 Å². The van der Waals surface area contributed by atoms with E-state index in [9.17, 15) is 13.2 Å². The average Bonchev–Trinajstić information content (AvgIpc) is 2.28. The molecular formula is C14H17BrClNO3S. The quantitative estimate of drug-likeness (QED) is 0.794. The lowest BCUT2D eigenvalue weighted by molar-refractivity contribution is 0.0909. The van der Waals surface area contributed by atoms with Crippen LogP contribution in [0.15, 0.2) is 21.5 Å². The second-order valence-electron chi connectivity index (χ2n) is 5.47. The van der Waals surface area contributed by atoms with Crippen LogP contribution in [0.1, 0.15) is 42.1 Å². The second kappa shape index (κ2) is 6.26. The molecule has 0 saturated heterocycles. The number of hydrogen-bond donors (Lipinski definition) is 1. The lowest BCUT2D eigenvalue weighted by atomic mass is 9.80. The van der Waals surface area contributed by atoms with Gasteiger partial charge in [0.2, 0.25) is 0 Å². The third kappa shape index (κ3) is 3.79. The summed E-state index contributed by atoms with van der Waals surface area (Å²) in [5.74, 6) is 0.232. The van der Waals surface area contributed by atoms with E-state index in [1.165, 1.54) is 12.5 Å². The molecule has 1 unspecified atom stereocenters. The molecule has 116 valence electrons. The molecule has 1 aromatic rings. The highest BCUT2D eigenvalue weighted by Crippen LogP contribution is 2.30. The molecule has 1 fully saturated rings. The molecule has 1 atom stereocenters. The first-order chi connectivity index (χ1) is 9.70. The van der Waals surface area contributed by atoms with E-state index in [-0.39, 0.29) is 22.4 Å². The fourth-order valence-corrected chi connectivity index (χ4v) is 4.20. The molecule has 0 spiro atoms. The number of hydrogen-bond acceptors (Lipinski definition) is 3.